The minimum Gasteiger partial charge on any atom is -0.321 e. The largest absolute Gasteiger partial charge is 0.321 e. The zero-order valence-electron chi connectivity index (χ0n) is 8.75. The standard InChI is InChI=1S/C11H21NO/c1-8(11(12)9(2)13)7-10-5-3-4-6-10/h8,10-11H,3-7,12H2,1-2H3/t8-,11-/m1/s1. The van der Waals surface area contributed by atoms with E-state index in [9.17, 15) is 4.79 Å². The van der Waals surface area contributed by atoms with E-state index in [0.717, 1.165) is 12.3 Å². The van der Waals surface area contributed by atoms with Crippen molar-refractivity contribution in [2.75, 3.05) is 0 Å². The van der Waals surface area contributed by atoms with Crippen molar-refractivity contribution < 1.29 is 4.79 Å². The highest BCUT2D eigenvalue weighted by atomic mass is 16.1. The highest BCUT2D eigenvalue weighted by Gasteiger charge is 2.23. The predicted octanol–water partition coefficient (Wildman–Crippen LogP) is 2.12. The molecule has 0 unspecified atom stereocenters. The number of hydrogen-bond donors (Lipinski definition) is 1. The molecular weight excluding hydrogens is 162 g/mol. The van der Waals surface area contributed by atoms with E-state index in [0.29, 0.717) is 5.92 Å². The summed E-state index contributed by atoms with van der Waals surface area (Å²) in [7, 11) is 0. The van der Waals surface area contributed by atoms with Gasteiger partial charge in [-0.3, -0.25) is 4.79 Å². The summed E-state index contributed by atoms with van der Waals surface area (Å²) in [6.45, 7) is 3.69. The lowest BCUT2D eigenvalue weighted by molar-refractivity contribution is -0.119. The summed E-state index contributed by atoms with van der Waals surface area (Å²) >= 11 is 0. The fraction of sp³-hybridized carbons (Fsp3) is 0.909. The predicted molar refractivity (Wildman–Crippen MR) is 54.4 cm³/mol. The maximum Gasteiger partial charge on any atom is 0.146 e. The van der Waals surface area contributed by atoms with Crippen LogP contribution in [0, 0.1) is 11.8 Å². The van der Waals surface area contributed by atoms with E-state index in [1.165, 1.54) is 25.7 Å². The van der Waals surface area contributed by atoms with Gasteiger partial charge in [-0.15, -0.1) is 0 Å². The molecule has 2 heteroatoms. The van der Waals surface area contributed by atoms with Crippen LogP contribution in [0.4, 0.5) is 0 Å². The molecule has 1 rings (SSSR count). The number of carbonyl (C=O) groups is 1. The molecule has 0 aromatic carbocycles. The van der Waals surface area contributed by atoms with E-state index in [4.69, 9.17) is 5.73 Å². The van der Waals surface area contributed by atoms with Gasteiger partial charge < -0.3 is 5.73 Å². The lowest BCUT2D eigenvalue weighted by atomic mass is 9.88. The summed E-state index contributed by atoms with van der Waals surface area (Å²) in [4.78, 5) is 11.0. The Balaban J connectivity index is 2.30. The number of ketones is 1. The molecule has 76 valence electrons. The average molecular weight is 183 g/mol. The van der Waals surface area contributed by atoms with E-state index >= 15 is 0 Å². The van der Waals surface area contributed by atoms with Crippen LogP contribution in [-0.2, 0) is 4.79 Å². The van der Waals surface area contributed by atoms with Crippen molar-refractivity contribution in [3.63, 3.8) is 0 Å². The lowest BCUT2D eigenvalue weighted by Crippen LogP contribution is -2.35. The van der Waals surface area contributed by atoms with Crippen LogP contribution in [0.5, 0.6) is 0 Å². The zero-order valence-corrected chi connectivity index (χ0v) is 8.75. The lowest BCUT2D eigenvalue weighted by Gasteiger charge is -2.20. The maximum absolute atomic E-state index is 11.0. The normalized spacial score (nSPS) is 23.0. The highest BCUT2D eigenvalue weighted by molar-refractivity contribution is 5.81. The average Bonchev–Trinajstić information content (AvgIpc) is 2.55. The first-order valence-corrected chi connectivity index (χ1v) is 5.37. The summed E-state index contributed by atoms with van der Waals surface area (Å²) in [6, 6.07) is -0.236. The van der Waals surface area contributed by atoms with E-state index in [1.807, 2.05) is 0 Å². The van der Waals surface area contributed by atoms with Gasteiger partial charge in [-0.05, 0) is 25.2 Å². The van der Waals surface area contributed by atoms with Crippen LogP contribution in [0.1, 0.15) is 46.0 Å². The molecule has 1 saturated carbocycles. The topological polar surface area (TPSA) is 43.1 Å². The second kappa shape index (κ2) is 4.75. The van der Waals surface area contributed by atoms with Gasteiger partial charge in [0.25, 0.3) is 0 Å². The smallest absolute Gasteiger partial charge is 0.146 e. The Hall–Kier alpha value is -0.370. The second-order valence-electron chi connectivity index (χ2n) is 4.50. The number of Topliss-reactive ketones (excluding diaryl/α,β-unsaturated/α-hetero) is 1. The van der Waals surface area contributed by atoms with Crippen molar-refractivity contribution in [1.82, 2.24) is 0 Å². The third kappa shape index (κ3) is 3.11. The molecule has 13 heavy (non-hydrogen) atoms. The molecule has 0 spiro atoms. The second-order valence-corrected chi connectivity index (χ2v) is 4.50. The molecule has 0 amide bonds. The van der Waals surface area contributed by atoms with Gasteiger partial charge in [0.05, 0.1) is 6.04 Å². The molecule has 0 heterocycles. The molecule has 0 saturated heterocycles. The van der Waals surface area contributed by atoms with Gasteiger partial charge in [0.15, 0.2) is 0 Å². The summed E-state index contributed by atoms with van der Waals surface area (Å²) in [5.74, 6) is 1.33. The van der Waals surface area contributed by atoms with E-state index < -0.39 is 0 Å². The van der Waals surface area contributed by atoms with Crippen molar-refractivity contribution in [1.29, 1.82) is 0 Å². The van der Waals surface area contributed by atoms with Gasteiger partial charge in [0.2, 0.25) is 0 Å². The van der Waals surface area contributed by atoms with Gasteiger partial charge >= 0.3 is 0 Å². The molecule has 2 nitrogen and oxygen atoms in total. The molecule has 0 aromatic rings. The number of nitrogens with two attached hydrogens (primary N) is 1. The van der Waals surface area contributed by atoms with Gasteiger partial charge in [-0.25, -0.2) is 0 Å². The van der Waals surface area contributed by atoms with Crippen LogP contribution >= 0.6 is 0 Å². The number of hydrogen-bond acceptors (Lipinski definition) is 2. The summed E-state index contributed by atoms with van der Waals surface area (Å²) in [5, 5.41) is 0. The summed E-state index contributed by atoms with van der Waals surface area (Å²) < 4.78 is 0. The fourth-order valence-corrected chi connectivity index (χ4v) is 2.32. The number of rotatable bonds is 4. The molecule has 1 fully saturated rings. The number of carbonyl (C=O) groups excluding carboxylic acids is 1. The van der Waals surface area contributed by atoms with E-state index in [2.05, 4.69) is 6.92 Å². The monoisotopic (exact) mass is 183 g/mol. The first-order chi connectivity index (χ1) is 6.11. The Morgan fingerprint density at radius 2 is 2.00 bits per heavy atom. The minimum atomic E-state index is -0.236. The molecular formula is C11H21NO. The summed E-state index contributed by atoms with van der Waals surface area (Å²) in [6.07, 6.45) is 6.56. The molecule has 0 aliphatic heterocycles. The van der Waals surface area contributed by atoms with E-state index in [1.54, 1.807) is 6.92 Å². The first-order valence-electron chi connectivity index (χ1n) is 5.37. The van der Waals surface area contributed by atoms with E-state index in [-0.39, 0.29) is 11.8 Å². The van der Waals surface area contributed by atoms with Crippen LogP contribution in [0.3, 0.4) is 0 Å². The van der Waals surface area contributed by atoms with Crippen molar-refractivity contribution in [3.05, 3.63) is 0 Å². The van der Waals surface area contributed by atoms with Crippen LogP contribution < -0.4 is 5.73 Å². The van der Waals surface area contributed by atoms with Gasteiger partial charge in [0.1, 0.15) is 5.78 Å². The van der Waals surface area contributed by atoms with Crippen LogP contribution in [0.25, 0.3) is 0 Å². The molecule has 0 bridgehead atoms. The third-order valence-corrected chi connectivity index (χ3v) is 3.26. The maximum atomic E-state index is 11.0. The Labute approximate surface area is 80.9 Å². The van der Waals surface area contributed by atoms with Crippen molar-refractivity contribution in [2.24, 2.45) is 17.6 Å². The molecule has 0 radical (unpaired) electrons. The fourth-order valence-electron chi connectivity index (χ4n) is 2.32. The van der Waals surface area contributed by atoms with Crippen molar-refractivity contribution in [2.45, 2.75) is 52.0 Å². The van der Waals surface area contributed by atoms with Gasteiger partial charge in [-0.2, -0.15) is 0 Å². The van der Waals surface area contributed by atoms with Crippen molar-refractivity contribution in [3.8, 4) is 0 Å². The molecule has 2 N–H and O–H groups in total. The van der Waals surface area contributed by atoms with Crippen LogP contribution in [0.15, 0.2) is 0 Å². The van der Waals surface area contributed by atoms with Crippen molar-refractivity contribution >= 4 is 5.78 Å². The minimum absolute atomic E-state index is 0.130. The SMILES string of the molecule is CC(=O)[C@H](N)[C@H](C)CC1CCCC1. The molecule has 1 aliphatic carbocycles. The summed E-state index contributed by atoms with van der Waals surface area (Å²) in [5.41, 5.74) is 5.79. The Morgan fingerprint density at radius 1 is 1.46 bits per heavy atom. The molecule has 1 aliphatic rings. The zero-order chi connectivity index (χ0) is 9.84. The Bertz CT molecular complexity index is 173. The van der Waals surface area contributed by atoms with Gasteiger partial charge in [-0.1, -0.05) is 32.6 Å². The van der Waals surface area contributed by atoms with Crippen LogP contribution in [0.2, 0.25) is 0 Å². The first kappa shape index (κ1) is 10.7. The third-order valence-electron chi connectivity index (χ3n) is 3.26. The molecule has 0 aromatic heterocycles. The Morgan fingerprint density at radius 3 is 2.46 bits per heavy atom. The van der Waals surface area contributed by atoms with Gasteiger partial charge in [0, 0.05) is 0 Å². The highest BCUT2D eigenvalue weighted by Crippen LogP contribution is 2.30. The molecule has 2 atom stereocenters. The Kier molecular flexibility index (Phi) is 3.91. The van der Waals surface area contributed by atoms with Crippen LogP contribution in [-0.4, -0.2) is 11.8 Å². The quantitative estimate of drug-likeness (QED) is 0.725.